The molecule has 1 aliphatic rings. The zero-order valence-corrected chi connectivity index (χ0v) is 12.5. The lowest BCUT2D eigenvalue weighted by Crippen LogP contribution is -2.29. The van der Waals surface area contributed by atoms with Crippen LogP contribution in [-0.2, 0) is 4.79 Å². The third-order valence-corrected chi connectivity index (χ3v) is 3.64. The van der Waals surface area contributed by atoms with Gasteiger partial charge in [-0.2, -0.15) is 0 Å². The quantitative estimate of drug-likeness (QED) is 0.471. The molecule has 0 fully saturated rings. The molecule has 1 amide bonds. The van der Waals surface area contributed by atoms with Gasteiger partial charge in [0.25, 0.3) is 0 Å². The first-order valence-corrected chi connectivity index (χ1v) is 7.98. The summed E-state index contributed by atoms with van der Waals surface area (Å²) in [5, 5.41) is 6.33. The molecule has 0 unspecified atom stereocenters. The van der Waals surface area contributed by atoms with Gasteiger partial charge in [0.1, 0.15) is 0 Å². The number of allylic oxidation sites excluding steroid dienone is 1. The summed E-state index contributed by atoms with van der Waals surface area (Å²) in [6, 6.07) is 0. The molecule has 0 bridgehead atoms. The number of hydrogen-bond acceptors (Lipinski definition) is 2. The van der Waals surface area contributed by atoms with Gasteiger partial charge in [-0.25, -0.2) is 0 Å². The zero-order chi connectivity index (χ0) is 13.8. The molecule has 3 nitrogen and oxygen atoms in total. The molecule has 0 aliphatic heterocycles. The Balaban J connectivity index is 1.91. The van der Waals surface area contributed by atoms with Gasteiger partial charge < -0.3 is 10.6 Å². The van der Waals surface area contributed by atoms with Crippen molar-refractivity contribution in [1.82, 2.24) is 10.6 Å². The molecule has 0 saturated heterocycles. The first-order chi connectivity index (χ1) is 9.33. The molecule has 19 heavy (non-hydrogen) atoms. The maximum Gasteiger partial charge on any atom is 0.221 e. The van der Waals surface area contributed by atoms with E-state index in [0.717, 1.165) is 26.1 Å². The van der Waals surface area contributed by atoms with E-state index >= 15 is 0 Å². The monoisotopic (exact) mass is 266 g/mol. The molecular weight excluding hydrogens is 236 g/mol. The lowest BCUT2D eigenvalue weighted by molar-refractivity contribution is -0.120. The van der Waals surface area contributed by atoms with Gasteiger partial charge in [-0.1, -0.05) is 31.4 Å². The van der Waals surface area contributed by atoms with Gasteiger partial charge in [0.15, 0.2) is 0 Å². The molecule has 2 N–H and O–H groups in total. The van der Waals surface area contributed by atoms with Crippen molar-refractivity contribution in [3.05, 3.63) is 11.6 Å². The van der Waals surface area contributed by atoms with Crippen LogP contribution in [-0.4, -0.2) is 25.5 Å². The lowest BCUT2D eigenvalue weighted by Gasteiger charge is -2.13. The Hall–Kier alpha value is -0.830. The molecule has 0 spiro atoms. The predicted molar refractivity (Wildman–Crippen MR) is 81.2 cm³/mol. The summed E-state index contributed by atoms with van der Waals surface area (Å²) < 4.78 is 0. The van der Waals surface area contributed by atoms with E-state index in [-0.39, 0.29) is 5.91 Å². The van der Waals surface area contributed by atoms with Gasteiger partial charge in [0, 0.05) is 19.5 Å². The van der Waals surface area contributed by atoms with E-state index in [2.05, 4.69) is 23.6 Å². The van der Waals surface area contributed by atoms with E-state index in [1.165, 1.54) is 50.5 Å². The summed E-state index contributed by atoms with van der Waals surface area (Å²) in [5.41, 5.74) is 1.53. The van der Waals surface area contributed by atoms with Crippen LogP contribution in [0.25, 0.3) is 0 Å². The molecule has 0 radical (unpaired) electrons. The van der Waals surface area contributed by atoms with Crippen LogP contribution in [0.1, 0.15) is 64.7 Å². The number of amides is 1. The Bertz CT molecular complexity index is 274. The highest BCUT2D eigenvalue weighted by atomic mass is 16.1. The molecule has 0 aromatic rings. The normalized spacial score (nSPS) is 15.1. The molecule has 0 aromatic heterocycles. The highest BCUT2D eigenvalue weighted by Crippen LogP contribution is 2.19. The van der Waals surface area contributed by atoms with Gasteiger partial charge in [0.05, 0.1) is 0 Å². The van der Waals surface area contributed by atoms with Crippen LogP contribution in [0.5, 0.6) is 0 Å². The Labute approximate surface area is 118 Å². The van der Waals surface area contributed by atoms with Crippen molar-refractivity contribution in [3.8, 4) is 0 Å². The summed E-state index contributed by atoms with van der Waals surface area (Å²) >= 11 is 0. The van der Waals surface area contributed by atoms with E-state index in [4.69, 9.17) is 0 Å². The SMILES string of the molecule is CCCCCNCCC(=O)NCCC1=CCCCC1. The number of unbranched alkanes of at least 4 members (excludes halogenated alkanes) is 2. The second-order valence-electron chi connectivity index (χ2n) is 5.42. The van der Waals surface area contributed by atoms with Crippen LogP contribution >= 0.6 is 0 Å². The standard InChI is InChI=1S/C16H30N2O/c1-2-3-7-12-17-13-11-16(19)18-14-10-15-8-5-4-6-9-15/h8,17H,2-7,9-14H2,1H3,(H,18,19). The molecule has 0 heterocycles. The summed E-state index contributed by atoms with van der Waals surface area (Å²) in [4.78, 5) is 11.6. The molecule has 1 rings (SSSR count). The van der Waals surface area contributed by atoms with Crippen molar-refractivity contribution in [2.24, 2.45) is 0 Å². The van der Waals surface area contributed by atoms with E-state index in [1.807, 2.05) is 0 Å². The third kappa shape index (κ3) is 8.82. The molecule has 0 atom stereocenters. The van der Waals surface area contributed by atoms with Gasteiger partial charge in [-0.05, 0) is 45.1 Å². The molecule has 3 heteroatoms. The van der Waals surface area contributed by atoms with Crippen molar-refractivity contribution in [2.45, 2.75) is 64.7 Å². The van der Waals surface area contributed by atoms with Crippen molar-refractivity contribution >= 4 is 5.91 Å². The molecule has 0 aromatic carbocycles. The van der Waals surface area contributed by atoms with Gasteiger partial charge in [-0.15, -0.1) is 0 Å². The lowest BCUT2D eigenvalue weighted by atomic mass is 9.97. The zero-order valence-electron chi connectivity index (χ0n) is 12.5. The van der Waals surface area contributed by atoms with E-state index in [0.29, 0.717) is 6.42 Å². The van der Waals surface area contributed by atoms with E-state index in [9.17, 15) is 4.79 Å². The highest BCUT2D eigenvalue weighted by molar-refractivity contribution is 5.76. The summed E-state index contributed by atoms with van der Waals surface area (Å²) in [7, 11) is 0. The Kier molecular flexibility index (Phi) is 9.42. The molecule has 1 aliphatic carbocycles. The Morgan fingerprint density at radius 2 is 2.11 bits per heavy atom. The fourth-order valence-electron chi connectivity index (χ4n) is 2.41. The van der Waals surface area contributed by atoms with Crippen LogP contribution in [0.4, 0.5) is 0 Å². The summed E-state index contributed by atoms with van der Waals surface area (Å²) in [6.07, 6.45) is 12.8. The summed E-state index contributed by atoms with van der Waals surface area (Å²) in [6.45, 7) is 4.85. The van der Waals surface area contributed by atoms with Crippen molar-refractivity contribution in [3.63, 3.8) is 0 Å². The topological polar surface area (TPSA) is 41.1 Å². The maximum atomic E-state index is 11.6. The van der Waals surface area contributed by atoms with Crippen LogP contribution in [0.2, 0.25) is 0 Å². The number of hydrogen-bond donors (Lipinski definition) is 2. The van der Waals surface area contributed by atoms with Gasteiger partial charge >= 0.3 is 0 Å². The molecule has 110 valence electrons. The Morgan fingerprint density at radius 3 is 2.84 bits per heavy atom. The van der Waals surface area contributed by atoms with E-state index < -0.39 is 0 Å². The molecular formula is C16H30N2O. The largest absolute Gasteiger partial charge is 0.356 e. The van der Waals surface area contributed by atoms with Crippen molar-refractivity contribution in [1.29, 1.82) is 0 Å². The van der Waals surface area contributed by atoms with E-state index in [1.54, 1.807) is 0 Å². The molecule has 0 saturated carbocycles. The van der Waals surface area contributed by atoms with Crippen LogP contribution in [0, 0.1) is 0 Å². The first kappa shape index (κ1) is 16.2. The minimum Gasteiger partial charge on any atom is -0.356 e. The number of rotatable bonds is 10. The highest BCUT2D eigenvalue weighted by Gasteiger charge is 2.04. The number of nitrogens with one attached hydrogen (secondary N) is 2. The minimum atomic E-state index is 0.180. The second-order valence-corrected chi connectivity index (χ2v) is 5.42. The number of carbonyl (C=O) groups is 1. The van der Waals surface area contributed by atoms with Crippen LogP contribution in [0.15, 0.2) is 11.6 Å². The maximum absolute atomic E-state index is 11.6. The van der Waals surface area contributed by atoms with Crippen molar-refractivity contribution < 1.29 is 4.79 Å². The summed E-state index contributed by atoms with van der Waals surface area (Å²) in [5.74, 6) is 0.180. The smallest absolute Gasteiger partial charge is 0.221 e. The van der Waals surface area contributed by atoms with Crippen LogP contribution in [0.3, 0.4) is 0 Å². The first-order valence-electron chi connectivity index (χ1n) is 7.98. The minimum absolute atomic E-state index is 0.180. The fraction of sp³-hybridized carbons (Fsp3) is 0.812. The van der Waals surface area contributed by atoms with Crippen molar-refractivity contribution in [2.75, 3.05) is 19.6 Å². The average Bonchev–Trinajstić information content (AvgIpc) is 2.44. The third-order valence-electron chi connectivity index (χ3n) is 3.64. The second kappa shape index (κ2) is 11.0. The van der Waals surface area contributed by atoms with Gasteiger partial charge in [-0.3, -0.25) is 4.79 Å². The fourth-order valence-corrected chi connectivity index (χ4v) is 2.41. The predicted octanol–water partition coefficient (Wildman–Crippen LogP) is 3.16. The average molecular weight is 266 g/mol. The Morgan fingerprint density at radius 1 is 1.21 bits per heavy atom. The van der Waals surface area contributed by atoms with Crippen LogP contribution < -0.4 is 10.6 Å². The van der Waals surface area contributed by atoms with Gasteiger partial charge in [0.2, 0.25) is 5.91 Å². The number of carbonyl (C=O) groups excluding carboxylic acids is 1.